The molecule has 3 aromatic heterocycles. The first-order valence-electron chi connectivity index (χ1n) is 30.5. The first-order chi connectivity index (χ1) is 43.8. The van der Waals surface area contributed by atoms with Crippen LogP contribution in [0.4, 0.5) is 22.7 Å². The van der Waals surface area contributed by atoms with Crippen LogP contribution in [0.5, 0.6) is 11.5 Å². The third kappa shape index (κ3) is 8.68. The summed E-state index contributed by atoms with van der Waals surface area (Å²) >= 11 is 0. The van der Waals surface area contributed by atoms with Gasteiger partial charge in [0.05, 0.1) is 16.4 Å². The van der Waals surface area contributed by atoms with Gasteiger partial charge >= 0.3 is 0 Å². The molecule has 90 heavy (non-hydrogen) atoms. The van der Waals surface area contributed by atoms with Gasteiger partial charge in [0.15, 0.2) is 0 Å². The second-order valence-electron chi connectivity index (χ2n) is 24.4. The van der Waals surface area contributed by atoms with Crippen molar-refractivity contribution < 1.29 is 25.8 Å². The minimum atomic E-state index is -0.604. The first kappa shape index (κ1) is 54.8. The van der Waals surface area contributed by atoms with E-state index in [1.165, 1.54) is 44.2 Å². The van der Waals surface area contributed by atoms with E-state index < -0.39 is 5.41 Å². The number of hydrogen-bond donors (Lipinski definition) is 0. The number of ether oxygens (including phenoxy) is 1. The fourth-order valence-electron chi connectivity index (χ4n) is 14.3. The van der Waals surface area contributed by atoms with Gasteiger partial charge in [-0.3, -0.25) is 0 Å². The summed E-state index contributed by atoms with van der Waals surface area (Å²) in [6.45, 7) is 9.13. The van der Waals surface area contributed by atoms with E-state index in [0.717, 1.165) is 94.9 Å². The minimum absolute atomic E-state index is 0. The second-order valence-corrected chi connectivity index (χ2v) is 24.4. The Morgan fingerprint density at radius 2 is 0.933 bits per heavy atom. The average Bonchev–Trinajstić information content (AvgIpc) is 1.53. The van der Waals surface area contributed by atoms with Crippen LogP contribution < -0.4 is 14.5 Å². The number of pyridine rings is 1. The molecule has 6 nitrogen and oxygen atoms in total. The Morgan fingerprint density at radius 3 is 1.53 bits per heavy atom. The van der Waals surface area contributed by atoms with Gasteiger partial charge in [-0.1, -0.05) is 244 Å². The average molecular weight is 1340 g/mol. The molecule has 0 radical (unpaired) electrons. The number of hydrogen-bond acceptors (Lipinski definition) is 4. The van der Waals surface area contributed by atoms with Crippen molar-refractivity contribution in [1.82, 2.24) is 14.1 Å². The molecule has 0 atom stereocenters. The van der Waals surface area contributed by atoms with Crippen LogP contribution in [0.1, 0.15) is 48.6 Å². The van der Waals surface area contributed by atoms with Crippen LogP contribution in [0.2, 0.25) is 0 Å². The Bertz CT molecular complexity index is 5120. The third-order valence-corrected chi connectivity index (χ3v) is 18.3. The molecule has 434 valence electrons. The van der Waals surface area contributed by atoms with Crippen molar-refractivity contribution in [3.63, 3.8) is 0 Å². The standard InChI is InChI=1S/C83H58N5O.Pt/c1-82(2,3)59-47-70(55-25-7-4-8-26-55)81(71(48-59)56-27-9-5-10-28-56)86-54-85(77-41-23-24-42-78(77)86)60-50-61(87-74-38-20-15-33-66(74)67-34-16-21-39-75(67)87)52-63(51-60)89-62-43-44-69-68-35-17-22-40-76(68)88(79(69)53-62)80-49-58(45-46-84-80)83(57-29-11-6-12-30-57)72-36-18-13-31-64(72)65-32-14-19-37-73(65)83;/h4-50,52,54H,1-3H3;/q-3;. The van der Waals surface area contributed by atoms with E-state index in [4.69, 9.17) is 9.72 Å². The van der Waals surface area contributed by atoms with Gasteiger partial charge in [-0.15, -0.1) is 42.4 Å². The van der Waals surface area contributed by atoms with Crippen molar-refractivity contribution >= 4 is 66.4 Å². The summed E-state index contributed by atoms with van der Waals surface area (Å²) < 4.78 is 11.9. The summed E-state index contributed by atoms with van der Waals surface area (Å²) in [6.07, 6.45) is 1.97. The topological polar surface area (TPSA) is 38.5 Å². The van der Waals surface area contributed by atoms with Gasteiger partial charge in [-0.25, -0.2) is 4.98 Å². The summed E-state index contributed by atoms with van der Waals surface area (Å²) in [6, 6.07) is 110. The van der Waals surface area contributed by atoms with Gasteiger partial charge in [-0.2, -0.15) is 6.07 Å². The second kappa shape index (κ2) is 21.7. The smallest absolute Gasteiger partial charge is 0.135 e. The molecule has 0 bridgehead atoms. The van der Waals surface area contributed by atoms with Crippen LogP contribution in [-0.4, -0.2) is 14.1 Å². The van der Waals surface area contributed by atoms with E-state index in [1.54, 1.807) is 0 Å². The van der Waals surface area contributed by atoms with Crippen molar-refractivity contribution in [2.75, 3.05) is 9.80 Å². The molecule has 0 saturated carbocycles. The van der Waals surface area contributed by atoms with Crippen LogP contribution in [0.25, 0.3) is 88.5 Å². The maximum atomic E-state index is 7.28. The van der Waals surface area contributed by atoms with Gasteiger partial charge in [-0.05, 0) is 115 Å². The number of aromatic nitrogens is 3. The fraction of sp³-hybridized carbons (Fsp3) is 0.0602. The zero-order valence-corrected chi connectivity index (χ0v) is 52.0. The molecule has 7 heteroatoms. The van der Waals surface area contributed by atoms with E-state index in [1.807, 2.05) is 12.3 Å². The van der Waals surface area contributed by atoms with E-state index in [2.05, 4.69) is 338 Å². The van der Waals surface area contributed by atoms with Crippen molar-refractivity contribution in [3.8, 4) is 56.4 Å². The Morgan fingerprint density at radius 1 is 0.422 bits per heavy atom. The number of benzene rings is 12. The Labute approximate surface area is 538 Å². The molecule has 2 aliphatic rings. The molecular weight excluding hydrogens is 1280 g/mol. The monoisotopic (exact) mass is 1340 g/mol. The zero-order chi connectivity index (χ0) is 59.4. The quantitative estimate of drug-likeness (QED) is 0.128. The SMILES string of the molecule is CC(C)(C)c1cc(-c2ccccc2)c(N2[CH-]N(c3[c-]c(Oc4[c-]c5c(cc4)c4ccccc4n5-c4cc(C5(c6ccccc6)c6ccccc6-c6ccccc65)ccn4)cc(-n4c5ccccc5c5ccccc54)c3)c3ccccc32)c(-c2ccccc2)c1.[Pt]. The van der Waals surface area contributed by atoms with Crippen molar-refractivity contribution in [2.45, 2.75) is 31.6 Å². The van der Waals surface area contributed by atoms with Crippen LogP contribution in [-0.2, 0) is 31.9 Å². The van der Waals surface area contributed by atoms with Crippen LogP contribution in [0.3, 0.4) is 0 Å². The van der Waals surface area contributed by atoms with Gasteiger partial charge in [0.2, 0.25) is 0 Å². The maximum Gasteiger partial charge on any atom is 0.135 e. The Balaban J connectivity index is 0.00000649. The predicted molar refractivity (Wildman–Crippen MR) is 365 cm³/mol. The largest absolute Gasteiger partial charge is 0.509 e. The van der Waals surface area contributed by atoms with Crippen molar-refractivity contribution in [2.24, 2.45) is 0 Å². The molecule has 0 amide bonds. The summed E-state index contributed by atoms with van der Waals surface area (Å²) in [4.78, 5) is 9.89. The number of anilines is 4. The Hall–Kier alpha value is -10.5. The molecule has 0 fully saturated rings. The number of nitrogens with zero attached hydrogens (tertiary/aromatic N) is 5. The molecule has 1 aliphatic carbocycles. The molecule has 0 N–H and O–H groups in total. The van der Waals surface area contributed by atoms with Crippen LogP contribution >= 0.6 is 0 Å². The van der Waals surface area contributed by atoms with E-state index in [0.29, 0.717) is 11.5 Å². The normalized spacial score (nSPS) is 13.2. The molecule has 15 aromatic rings. The Kier molecular flexibility index (Phi) is 13.2. The van der Waals surface area contributed by atoms with E-state index >= 15 is 0 Å². The van der Waals surface area contributed by atoms with Gasteiger partial charge in [0.1, 0.15) is 5.82 Å². The number of rotatable bonds is 10. The zero-order valence-electron chi connectivity index (χ0n) is 49.8. The molecule has 0 unspecified atom stereocenters. The van der Waals surface area contributed by atoms with E-state index in [-0.39, 0.29) is 26.5 Å². The van der Waals surface area contributed by atoms with Gasteiger partial charge in [0.25, 0.3) is 0 Å². The first-order valence-corrected chi connectivity index (χ1v) is 30.5. The third-order valence-electron chi connectivity index (χ3n) is 18.3. The van der Waals surface area contributed by atoms with Gasteiger partial charge < -0.3 is 23.7 Å². The summed E-state index contributed by atoms with van der Waals surface area (Å²) in [5.74, 6) is 1.87. The molecule has 12 aromatic carbocycles. The molecule has 4 heterocycles. The summed E-state index contributed by atoms with van der Waals surface area (Å²) in [7, 11) is 0. The van der Waals surface area contributed by atoms with Crippen molar-refractivity contribution in [1.29, 1.82) is 0 Å². The molecule has 1 aliphatic heterocycles. The predicted octanol–water partition coefficient (Wildman–Crippen LogP) is 21.1. The minimum Gasteiger partial charge on any atom is -0.509 e. The summed E-state index contributed by atoms with van der Waals surface area (Å²) in [5.41, 5.74) is 21.4. The van der Waals surface area contributed by atoms with E-state index in [9.17, 15) is 0 Å². The molecule has 17 rings (SSSR count). The number of para-hydroxylation sites is 5. The fourth-order valence-corrected chi connectivity index (χ4v) is 14.3. The van der Waals surface area contributed by atoms with Crippen LogP contribution in [0.15, 0.2) is 291 Å². The van der Waals surface area contributed by atoms with Gasteiger partial charge in [0, 0.05) is 83.2 Å². The summed E-state index contributed by atoms with van der Waals surface area (Å²) in [5, 5.41) is 4.48. The molecular formula is C83H58N5OPt-3. The molecule has 0 spiro atoms. The van der Waals surface area contributed by atoms with Crippen molar-refractivity contribution in [3.05, 3.63) is 338 Å². The molecule has 0 saturated heterocycles. The maximum absolute atomic E-state index is 7.28. The number of fused-ring (bicyclic) bond motifs is 10. The van der Waals surface area contributed by atoms with Crippen LogP contribution in [0, 0.1) is 18.8 Å².